The van der Waals surface area contributed by atoms with Gasteiger partial charge < -0.3 is 10.4 Å². The van der Waals surface area contributed by atoms with Crippen LogP contribution in [-0.2, 0) is 9.59 Å². The molecular weight excluding hydrogens is 344 g/mol. The van der Waals surface area contributed by atoms with E-state index >= 15 is 0 Å². The molecule has 1 aliphatic rings. The SMILES string of the molecule is CC(NC(=O)C1CCC(C(=O)O)CC1)c1cc(F)c(Cl)cc1Cl. The smallest absolute Gasteiger partial charge is 0.306 e. The Bertz CT molecular complexity index is 616. The van der Waals surface area contributed by atoms with Crippen molar-refractivity contribution < 1.29 is 19.1 Å². The second kappa shape index (κ2) is 7.49. The Morgan fingerprint density at radius 2 is 1.74 bits per heavy atom. The predicted octanol–water partition coefficient (Wildman–Crippen LogP) is 4.20. The Kier molecular flexibility index (Phi) is 5.87. The van der Waals surface area contributed by atoms with Gasteiger partial charge in [-0.05, 0) is 50.3 Å². The average Bonchev–Trinajstić information content (AvgIpc) is 2.50. The third-order valence-electron chi connectivity index (χ3n) is 4.31. The first-order chi connectivity index (χ1) is 10.8. The fraction of sp³-hybridized carbons (Fsp3) is 0.500. The van der Waals surface area contributed by atoms with Crippen molar-refractivity contribution in [3.05, 3.63) is 33.6 Å². The monoisotopic (exact) mass is 361 g/mol. The van der Waals surface area contributed by atoms with Gasteiger partial charge in [-0.15, -0.1) is 0 Å². The minimum Gasteiger partial charge on any atom is -0.481 e. The molecule has 23 heavy (non-hydrogen) atoms. The van der Waals surface area contributed by atoms with Gasteiger partial charge in [0.15, 0.2) is 0 Å². The molecule has 126 valence electrons. The topological polar surface area (TPSA) is 66.4 Å². The molecule has 4 nitrogen and oxygen atoms in total. The highest BCUT2D eigenvalue weighted by Crippen LogP contribution is 2.31. The van der Waals surface area contributed by atoms with E-state index in [-0.39, 0.29) is 22.8 Å². The maximum absolute atomic E-state index is 13.6. The van der Waals surface area contributed by atoms with Crippen molar-refractivity contribution in [2.24, 2.45) is 11.8 Å². The molecule has 7 heteroatoms. The number of halogens is 3. The molecule has 0 bridgehead atoms. The maximum Gasteiger partial charge on any atom is 0.306 e. The quantitative estimate of drug-likeness (QED) is 0.789. The summed E-state index contributed by atoms with van der Waals surface area (Å²) in [6, 6.07) is 2.07. The zero-order valence-electron chi connectivity index (χ0n) is 12.6. The fourth-order valence-electron chi connectivity index (χ4n) is 2.88. The normalized spacial score (nSPS) is 22.4. The van der Waals surface area contributed by atoms with Gasteiger partial charge in [-0.25, -0.2) is 4.39 Å². The van der Waals surface area contributed by atoms with Crippen LogP contribution in [0, 0.1) is 17.7 Å². The number of amides is 1. The largest absolute Gasteiger partial charge is 0.481 e. The number of rotatable bonds is 4. The first kappa shape index (κ1) is 18.0. The lowest BCUT2D eigenvalue weighted by molar-refractivity contribution is -0.144. The first-order valence-corrected chi connectivity index (χ1v) is 8.22. The van der Waals surface area contributed by atoms with Crippen LogP contribution in [0.1, 0.15) is 44.2 Å². The van der Waals surface area contributed by atoms with E-state index < -0.39 is 17.8 Å². The van der Waals surface area contributed by atoms with Crippen LogP contribution in [-0.4, -0.2) is 17.0 Å². The van der Waals surface area contributed by atoms with Crippen molar-refractivity contribution in [3.8, 4) is 0 Å². The van der Waals surface area contributed by atoms with Crippen LogP contribution in [0.15, 0.2) is 12.1 Å². The summed E-state index contributed by atoms with van der Waals surface area (Å²) in [7, 11) is 0. The summed E-state index contributed by atoms with van der Waals surface area (Å²) < 4.78 is 13.6. The molecule has 1 saturated carbocycles. The Morgan fingerprint density at radius 1 is 1.17 bits per heavy atom. The van der Waals surface area contributed by atoms with Gasteiger partial charge in [-0.2, -0.15) is 0 Å². The molecule has 0 spiro atoms. The molecule has 1 fully saturated rings. The Labute approximate surface area is 144 Å². The van der Waals surface area contributed by atoms with Crippen LogP contribution in [0.4, 0.5) is 4.39 Å². The molecule has 0 saturated heterocycles. The summed E-state index contributed by atoms with van der Waals surface area (Å²) in [6.07, 6.45) is 2.08. The van der Waals surface area contributed by atoms with Gasteiger partial charge in [0, 0.05) is 10.9 Å². The highest BCUT2D eigenvalue weighted by Gasteiger charge is 2.30. The lowest BCUT2D eigenvalue weighted by Gasteiger charge is -2.27. The van der Waals surface area contributed by atoms with Crippen LogP contribution in [0.2, 0.25) is 10.0 Å². The van der Waals surface area contributed by atoms with Crippen LogP contribution in [0.3, 0.4) is 0 Å². The highest BCUT2D eigenvalue weighted by atomic mass is 35.5. The van der Waals surface area contributed by atoms with E-state index in [9.17, 15) is 14.0 Å². The van der Waals surface area contributed by atoms with Gasteiger partial charge in [-0.1, -0.05) is 23.2 Å². The number of carbonyl (C=O) groups excluding carboxylic acids is 1. The third kappa shape index (κ3) is 4.36. The first-order valence-electron chi connectivity index (χ1n) is 7.47. The van der Waals surface area contributed by atoms with E-state index in [2.05, 4.69) is 5.32 Å². The Hall–Kier alpha value is -1.33. The summed E-state index contributed by atoms with van der Waals surface area (Å²) in [6.45, 7) is 1.72. The number of nitrogens with one attached hydrogen (secondary N) is 1. The molecule has 2 rings (SSSR count). The molecule has 0 aliphatic heterocycles. The summed E-state index contributed by atoms with van der Waals surface area (Å²) in [5.41, 5.74) is 0.459. The molecule has 1 aromatic rings. The summed E-state index contributed by atoms with van der Waals surface area (Å²) >= 11 is 11.7. The van der Waals surface area contributed by atoms with Crippen LogP contribution in [0.25, 0.3) is 0 Å². The number of carboxylic acids is 1. The van der Waals surface area contributed by atoms with E-state index in [0.717, 1.165) is 0 Å². The molecule has 0 radical (unpaired) electrons. The van der Waals surface area contributed by atoms with E-state index in [1.165, 1.54) is 12.1 Å². The maximum atomic E-state index is 13.6. The summed E-state index contributed by atoms with van der Waals surface area (Å²) in [4.78, 5) is 23.2. The lowest BCUT2D eigenvalue weighted by atomic mass is 9.81. The van der Waals surface area contributed by atoms with Gasteiger partial charge in [0.2, 0.25) is 5.91 Å². The molecule has 1 amide bonds. The number of benzene rings is 1. The van der Waals surface area contributed by atoms with Gasteiger partial charge >= 0.3 is 5.97 Å². The lowest BCUT2D eigenvalue weighted by Crippen LogP contribution is -2.35. The predicted molar refractivity (Wildman–Crippen MR) is 86.1 cm³/mol. The molecule has 0 aromatic heterocycles. The second-order valence-electron chi connectivity index (χ2n) is 5.90. The van der Waals surface area contributed by atoms with Crippen LogP contribution in [0.5, 0.6) is 0 Å². The number of carbonyl (C=O) groups is 2. The van der Waals surface area contributed by atoms with Crippen molar-refractivity contribution in [1.82, 2.24) is 5.32 Å². The van der Waals surface area contributed by atoms with Crippen molar-refractivity contribution in [1.29, 1.82) is 0 Å². The molecule has 2 N–H and O–H groups in total. The fourth-order valence-corrected chi connectivity index (χ4v) is 3.43. The number of carboxylic acid groups (broad SMARTS) is 1. The summed E-state index contributed by atoms with van der Waals surface area (Å²) in [5, 5.41) is 12.0. The van der Waals surface area contributed by atoms with Crippen molar-refractivity contribution >= 4 is 35.1 Å². The molecule has 1 atom stereocenters. The van der Waals surface area contributed by atoms with Gasteiger partial charge in [0.25, 0.3) is 0 Å². The zero-order valence-corrected chi connectivity index (χ0v) is 14.1. The summed E-state index contributed by atoms with van der Waals surface area (Å²) in [5.74, 6) is -2.14. The second-order valence-corrected chi connectivity index (χ2v) is 6.72. The molecular formula is C16H18Cl2FNO3. The van der Waals surface area contributed by atoms with Crippen molar-refractivity contribution in [3.63, 3.8) is 0 Å². The number of aliphatic carboxylic acids is 1. The van der Waals surface area contributed by atoms with Crippen molar-refractivity contribution in [2.45, 2.75) is 38.6 Å². The number of hydrogen-bond donors (Lipinski definition) is 2. The third-order valence-corrected chi connectivity index (χ3v) is 4.93. The number of hydrogen-bond acceptors (Lipinski definition) is 2. The van der Waals surface area contributed by atoms with Gasteiger partial charge in [0.05, 0.1) is 17.0 Å². The Morgan fingerprint density at radius 3 is 2.30 bits per heavy atom. The Balaban J connectivity index is 1.98. The minimum absolute atomic E-state index is 0.0655. The van der Waals surface area contributed by atoms with E-state index in [0.29, 0.717) is 36.3 Å². The zero-order chi connectivity index (χ0) is 17.1. The van der Waals surface area contributed by atoms with Crippen molar-refractivity contribution in [2.75, 3.05) is 0 Å². The van der Waals surface area contributed by atoms with Crippen LogP contribution < -0.4 is 5.32 Å². The molecule has 1 aliphatic carbocycles. The molecule has 1 aromatic carbocycles. The van der Waals surface area contributed by atoms with Gasteiger partial charge in [0.1, 0.15) is 5.82 Å². The van der Waals surface area contributed by atoms with Gasteiger partial charge in [-0.3, -0.25) is 9.59 Å². The van der Waals surface area contributed by atoms with E-state index in [1.807, 2.05) is 0 Å². The molecule has 0 heterocycles. The van der Waals surface area contributed by atoms with E-state index in [4.69, 9.17) is 28.3 Å². The minimum atomic E-state index is -0.805. The standard InChI is InChI=1S/C16H18Cl2FNO3/c1-8(11-6-14(19)13(18)7-12(11)17)20-15(21)9-2-4-10(5-3-9)16(22)23/h6-10H,2-5H2,1H3,(H,20,21)(H,22,23). The highest BCUT2D eigenvalue weighted by molar-refractivity contribution is 6.35. The van der Waals surface area contributed by atoms with Crippen LogP contribution >= 0.6 is 23.2 Å². The average molecular weight is 362 g/mol. The van der Waals surface area contributed by atoms with E-state index in [1.54, 1.807) is 6.92 Å². The molecule has 1 unspecified atom stereocenters.